The summed E-state index contributed by atoms with van der Waals surface area (Å²) in [6, 6.07) is 3.22. The van der Waals surface area contributed by atoms with Crippen molar-refractivity contribution in [2.75, 3.05) is 19.0 Å². The molecule has 0 aliphatic carbocycles. The Bertz CT molecular complexity index is 886. The van der Waals surface area contributed by atoms with E-state index >= 15 is 0 Å². The second-order valence-electron chi connectivity index (χ2n) is 6.65. The van der Waals surface area contributed by atoms with Crippen molar-refractivity contribution in [3.8, 4) is 5.88 Å². The van der Waals surface area contributed by atoms with Crippen LogP contribution >= 0.6 is 0 Å². The first-order valence-corrected chi connectivity index (χ1v) is 8.84. The third kappa shape index (κ3) is 4.02. The van der Waals surface area contributed by atoms with Gasteiger partial charge in [0.1, 0.15) is 5.82 Å². The van der Waals surface area contributed by atoms with Crippen LogP contribution in [-0.4, -0.2) is 40.6 Å². The molecule has 6 nitrogen and oxygen atoms in total. The summed E-state index contributed by atoms with van der Waals surface area (Å²) in [6.07, 6.45) is -2.17. The second-order valence-corrected chi connectivity index (χ2v) is 6.65. The van der Waals surface area contributed by atoms with Crippen LogP contribution in [0.15, 0.2) is 24.5 Å². The molecule has 1 unspecified atom stereocenters. The lowest BCUT2D eigenvalue weighted by Crippen LogP contribution is -2.27. The van der Waals surface area contributed by atoms with Gasteiger partial charge in [-0.15, -0.1) is 0 Å². The molecule has 3 heterocycles. The van der Waals surface area contributed by atoms with Gasteiger partial charge in [-0.05, 0) is 31.5 Å². The molecule has 0 spiro atoms. The summed E-state index contributed by atoms with van der Waals surface area (Å²) in [5, 5.41) is 2.99. The van der Waals surface area contributed by atoms with E-state index in [1.807, 2.05) is 6.92 Å². The lowest BCUT2D eigenvalue weighted by Gasteiger charge is -2.25. The van der Waals surface area contributed by atoms with Crippen molar-refractivity contribution in [3.05, 3.63) is 46.8 Å². The largest absolute Gasteiger partial charge is 0.477 e. The Kier molecular flexibility index (Phi) is 5.44. The minimum Gasteiger partial charge on any atom is -0.477 e. The van der Waals surface area contributed by atoms with Crippen molar-refractivity contribution in [3.63, 3.8) is 0 Å². The highest BCUT2D eigenvalue weighted by molar-refractivity contribution is 5.99. The fourth-order valence-electron chi connectivity index (χ4n) is 3.18. The predicted molar refractivity (Wildman–Crippen MR) is 97.2 cm³/mol. The van der Waals surface area contributed by atoms with Gasteiger partial charge in [0.05, 0.1) is 25.6 Å². The first-order valence-electron chi connectivity index (χ1n) is 8.84. The predicted octanol–water partition coefficient (Wildman–Crippen LogP) is 3.87. The number of alkyl halides is 3. The van der Waals surface area contributed by atoms with Crippen molar-refractivity contribution in [1.29, 1.82) is 0 Å². The van der Waals surface area contributed by atoms with Crippen LogP contribution in [0, 0.1) is 6.92 Å². The highest BCUT2D eigenvalue weighted by Gasteiger charge is 2.33. The number of aryl methyl sites for hydroxylation is 1. The number of carbonyl (C=O) groups is 1. The van der Waals surface area contributed by atoms with Gasteiger partial charge in [0.25, 0.3) is 5.91 Å². The molecule has 0 saturated carbocycles. The number of ether oxygens (including phenoxy) is 1. The summed E-state index contributed by atoms with van der Waals surface area (Å²) in [6.45, 7) is 3.54. The molecule has 9 heteroatoms. The normalized spacial score (nSPS) is 14.8. The number of nitrogens with zero attached hydrogens (tertiary/aromatic N) is 3. The summed E-state index contributed by atoms with van der Waals surface area (Å²) in [4.78, 5) is 22.9. The number of pyridine rings is 2. The van der Waals surface area contributed by atoms with E-state index in [1.54, 1.807) is 37.2 Å². The summed E-state index contributed by atoms with van der Waals surface area (Å²) in [7, 11) is 1.75. The van der Waals surface area contributed by atoms with Crippen LogP contribution in [0.25, 0.3) is 0 Å². The molecular weight excluding hydrogens is 373 g/mol. The zero-order valence-electron chi connectivity index (χ0n) is 15.8. The number of carbonyl (C=O) groups excluding carboxylic acids is 1. The van der Waals surface area contributed by atoms with Crippen LogP contribution < -0.4 is 10.1 Å². The zero-order valence-corrected chi connectivity index (χ0v) is 15.8. The maximum Gasteiger partial charge on any atom is 0.392 e. The first-order chi connectivity index (χ1) is 13.2. The van der Waals surface area contributed by atoms with Crippen molar-refractivity contribution in [2.45, 2.75) is 39.0 Å². The third-order valence-corrected chi connectivity index (χ3v) is 4.74. The lowest BCUT2D eigenvalue weighted by molar-refractivity contribution is -0.139. The van der Waals surface area contributed by atoms with Crippen molar-refractivity contribution >= 4 is 11.7 Å². The number of nitrogens with one attached hydrogen (secondary N) is 1. The van der Waals surface area contributed by atoms with E-state index in [9.17, 15) is 18.0 Å². The molecule has 0 fully saturated rings. The number of amides is 1. The molecule has 0 aromatic carbocycles. The number of hydrogen-bond donors (Lipinski definition) is 1. The van der Waals surface area contributed by atoms with Crippen LogP contribution in [0.1, 0.15) is 46.4 Å². The Labute approximate surface area is 160 Å². The minimum atomic E-state index is -4.27. The summed E-state index contributed by atoms with van der Waals surface area (Å²) in [5.41, 5.74) is 2.86. The summed E-state index contributed by atoms with van der Waals surface area (Å²) in [5.74, 6) is 0.741. The Hall–Kier alpha value is -2.84. The van der Waals surface area contributed by atoms with E-state index in [4.69, 9.17) is 4.74 Å². The van der Waals surface area contributed by atoms with Crippen LogP contribution in [0.2, 0.25) is 0 Å². The van der Waals surface area contributed by atoms with Crippen molar-refractivity contribution in [2.24, 2.45) is 0 Å². The maximum atomic E-state index is 12.8. The Morgan fingerprint density at radius 3 is 2.75 bits per heavy atom. The second kappa shape index (κ2) is 7.65. The smallest absolute Gasteiger partial charge is 0.392 e. The van der Waals surface area contributed by atoms with E-state index in [1.165, 1.54) is 6.20 Å². The monoisotopic (exact) mass is 394 g/mol. The van der Waals surface area contributed by atoms with E-state index < -0.39 is 19.2 Å². The molecule has 0 radical (unpaired) electrons. The molecule has 1 atom stereocenters. The molecule has 2 aromatic heterocycles. The Morgan fingerprint density at radius 1 is 1.36 bits per heavy atom. The Balaban J connectivity index is 1.74. The molecule has 28 heavy (non-hydrogen) atoms. The number of aromatic nitrogens is 2. The zero-order chi connectivity index (χ0) is 20.5. The van der Waals surface area contributed by atoms with Gasteiger partial charge in [0.2, 0.25) is 5.88 Å². The SMILES string of the molecule is CNc1nccc2c1CN(C(C)c1cnc(OCCC(F)(F)F)c(C)c1)C2=O. The van der Waals surface area contributed by atoms with Gasteiger partial charge in [-0.25, -0.2) is 9.97 Å². The van der Waals surface area contributed by atoms with Gasteiger partial charge in [0.15, 0.2) is 0 Å². The highest BCUT2D eigenvalue weighted by atomic mass is 19.4. The van der Waals surface area contributed by atoms with E-state index in [0.29, 0.717) is 23.5 Å². The van der Waals surface area contributed by atoms with E-state index in [0.717, 1.165) is 11.1 Å². The average molecular weight is 394 g/mol. The van der Waals surface area contributed by atoms with Gasteiger partial charge in [0, 0.05) is 36.1 Å². The van der Waals surface area contributed by atoms with Crippen LogP contribution in [0.5, 0.6) is 5.88 Å². The standard InChI is InChI=1S/C19H21F3N4O2/c1-11-8-13(9-25-17(11)28-7-5-19(20,21)22)12(2)26-10-15-14(18(26)27)4-6-24-16(15)23-3/h4,6,8-9,12H,5,7,10H2,1-3H3,(H,23,24). The van der Waals surface area contributed by atoms with Gasteiger partial charge < -0.3 is 15.0 Å². The fourth-order valence-corrected chi connectivity index (χ4v) is 3.18. The van der Waals surface area contributed by atoms with Crippen molar-refractivity contribution in [1.82, 2.24) is 14.9 Å². The van der Waals surface area contributed by atoms with Gasteiger partial charge >= 0.3 is 6.18 Å². The summed E-state index contributed by atoms with van der Waals surface area (Å²) < 4.78 is 41.9. The summed E-state index contributed by atoms with van der Waals surface area (Å²) >= 11 is 0. The third-order valence-electron chi connectivity index (χ3n) is 4.74. The molecule has 1 N–H and O–H groups in total. The van der Waals surface area contributed by atoms with Crippen LogP contribution in [-0.2, 0) is 6.54 Å². The average Bonchev–Trinajstić information content (AvgIpc) is 2.98. The minimum absolute atomic E-state index is 0.0930. The van der Waals surface area contributed by atoms with Crippen LogP contribution in [0.3, 0.4) is 0 Å². The van der Waals surface area contributed by atoms with E-state index in [-0.39, 0.29) is 17.8 Å². The number of halogens is 3. The Morgan fingerprint density at radius 2 is 2.11 bits per heavy atom. The first kappa shape index (κ1) is 19.9. The molecular formula is C19H21F3N4O2. The quantitative estimate of drug-likeness (QED) is 0.806. The number of fused-ring (bicyclic) bond motifs is 1. The number of anilines is 1. The molecule has 2 aromatic rings. The molecule has 1 amide bonds. The molecule has 1 aliphatic rings. The molecule has 150 valence electrons. The van der Waals surface area contributed by atoms with Crippen molar-refractivity contribution < 1.29 is 22.7 Å². The van der Waals surface area contributed by atoms with Gasteiger partial charge in [-0.3, -0.25) is 4.79 Å². The maximum absolute atomic E-state index is 12.8. The highest BCUT2D eigenvalue weighted by Crippen LogP contribution is 2.34. The molecule has 0 bridgehead atoms. The molecule has 1 aliphatic heterocycles. The van der Waals surface area contributed by atoms with E-state index in [2.05, 4.69) is 15.3 Å². The van der Waals surface area contributed by atoms with Gasteiger partial charge in [-0.2, -0.15) is 13.2 Å². The molecule has 3 rings (SSSR count). The van der Waals surface area contributed by atoms with Gasteiger partial charge in [-0.1, -0.05) is 0 Å². The number of hydrogen-bond acceptors (Lipinski definition) is 5. The molecule has 0 saturated heterocycles. The fraction of sp³-hybridized carbons (Fsp3) is 0.421. The topological polar surface area (TPSA) is 67.3 Å². The lowest BCUT2D eigenvalue weighted by atomic mass is 10.1. The van der Waals surface area contributed by atoms with Crippen LogP contribution in [0.4, 0.5) is 19.0 Å². The number of rotatable bonds is 6.